The third-order valence-electron chi connectivity index (χ3n) is 6.94. The lowest BCUT2D eigenvalue weighted by molar-refractivity contribution is -0.688. The second-order valence-corrected chi connectivity index (χ2v) is 9.25. The maximum Gasteiger partial charge on any atom is 0.295 e. The third-order valence-corrected chi connectivity index (χ3v) is 6.94. The van der Waals surface area contributed by atoms with Crippen molar-refractivity contribution < 1.29 is 4.57 Å². The molecule has 5 aromatic carbocycles. The van der Waals surface area contributed by atoms with Crippen LogP contribution in [0.2, 0.25) is 0 Å². The van der Waals surface area contributed by atoms with E-state index in [-0.39, 0.29) is 6.04 Å². The van der Waals surface area contributed by atoms with Crippen molar-refractivity contribution in [3.05, 3.63) is 157 Å². The van der Waals surface area contributed by atoms with Gasteiger partial charge in [0.2, 0.25) is 0 Å². The number of aromatic nitrogens is 2. The Morgan fingerprint density at radius 1 is 0.486 bits per heavy atom. The summed E-state index contributed by atoms with van der Waals surface area (Å²) < 4.78 is 4.96. The second-order valence-electron chi connectivity index (χ2n) is 9.25. The molecule has 6 rings (SSSR count). The fraction of sp³-hybridized carbons (Fsp3) is 0.0571. The van der Waals surface area contributed by atoms with E-state index in [4.69, 9.17) is 0 Å². The molecule has 0 bridgehead atoms. The predicted molar refractivity (Wildman–Crippen MR) is 153 cm³/mol. The van der Waals surface area contributed by atoms with Crippen molar-refractivity contribution in [2.24, 2.45) is 0 Å². The average molecular weight is 478 g/mol. The fourth-order valence-corrected chi connectivity index (χ4v) is 5.21. The first-order valence-corrected chi connectivity index (χ1v) is 12.8. The molecule has 0 aliphatic heterocycles. The maximum atomic E-state index is 2.52. The SMILES string of the molecule is CC(c1ccccc1)[n+]1c(-c2ccccc2)c(-c2ccccc2)n(-c2ccccc2)c1-c1ccccc1. The summed E-state index contributed by atoms with van der Waals surface area (Å²) in [6, 6.07) is 53.9. The molecule has 0 N–H and O–H groups in total. The summed E-state index contributed by atoms with van der Waals surface area (Å²) in [5.41, 5.74) is 8.33. The van der Waals surface area contributed by atoms with E-state index in [0.717, 1.165) is 11.5 Å². The lowest BCUT2D eigenvalue weighted by atomic mass is 10.0. The lowest BCUT2D eigenvalue weighted by Gasteiger charge is -2.15. The van der Waals surface area contributed by atoms with E-state index in [9.17, 15) is 0 Å². The van der Waals surface area contributed by atoms with Crippen LogP contribution < -0.4 is 4.57 Å². The van der Waals surface area contributed by atoms with Crippen LogP contribution in [0.25, 0.3) is 39.6 Å². The quantitative estimate of drug-likeness (QED) is 0.213. The zero-order valence-electron chi connectivity index (χ0n) is 20.9. The minimum Gasteiger partial charge on any atom is -0.215 e. The smallest absolute Gasteiger partial charge is 0.215 e. The largest absolute Gasteiger partial charge is 0.295 e. The molecule has 37 heavy (non-hydrogen) atoms. The Morgan fingerprint density at radius 2 is 0.919 bits per heavy atom. The van der Waals surface area contributed by atoms with Crippen LogP contribution in [0.3, 0.4) is 0 Å². The normalized spacial score (nSPS) is 11.8. The Labute approximate surface area is 218 Å². The van der Waals surface area contributed by atoms with E-state index >= 15 is 0 Å². The number of imidazole rings is 1. The zero-order valence-corrected chi connectivity index (χ0v) is 20.9. The molecule has 1 heterocycles. The van der Waals surface area contributed by atoms with E-state index < -0.39 is 0 Å². The van der Waals surface area contributed by atoms with E-state index in [0.29, 0.717) is 0 Å². The average Bonchev–Trinajstić information content (AvgIpc) is 3.35. The van der Waals surface area contributed by atoms with Crippen molar-refractivity contribution in [2.75, 3.05) is 0 Å². The Hall–Kier alpha value is -4.69. The molecule has 0 amide bonds. The summed E-state index contributed by atoms with van der Waals surface area (Å²) in [4.78, 5) is 0. The third kappa shape index (κ3) is 4.28. The van der Waals surface area contributed by atoms with Gasteiger partial charge in [0.1, 0.15) is 11.7 Å². The molecule has 1 atom stereocenters. The molecule has 6 aromatic rings. The standard InChI is InChI=1S/C35H29N2/c1-27(28-17-7-2-8-18-28)36-33(29-19-9-3-10-20-29)34(30-21-11-4-12-22-30)37(32-25-15-6-16-26-32)35(36)31-23-13-5-14-24-31/h2-27H,1H3/q+1. The predicted octanol–water partition coefficient (Wildman–Crippen LogP) is 8.38. The number of rotatable bonds is 6. The molecule has 2 heteroatoms. The van der Waals surface area contributed by atoms with Gasteiger partial charge in [-0.25, -0.2) is 4.57 Å². The van der Waals surface area contributed by atoms with E-state index in [1.165, 1.54) is 33.6 Å². The highest BCUT2D eigenvalue weighted by Crippen LogP contribution is 2.39. The molecule has 0 fully saturated rings. The molecule has 2 nitrogen and oxygen atoms in total. The van der Waals surface area contributed by atoms with Crippen molar-refractivity contribution in [1.29, 1.82) is 0 Å². The monoisotopic (exact) mass is 477 g/mol. The van der Waals surface area contributed by atoms with Gasteiger partial charge in [-0.15, -0.1) is 0 Å². The first-order chi connectivity index (χ1) is 18.3. The van der Waals surface area contributed by atoms with Crippen LogP contribution in [0, 0.1) is 0 Å². The van der Waals surface area contributed by atoms with Gasteiger partial charge in [-0.2, -0.15) is 4.57 Å². The molecular weight excluding hydrogens is 448 g/mol. The van der Waals surface area contributed by atoms with Crippen molar-refractivity contribution >= 4 is 0 Å². The Bertz CT molecular complexity index is 1490. The number of hydrogen-bond donors (Lipinski definition) is 0. The Balaban J connectivity index is 1.82. The van der Waals surface area contributed by atoms with Crippen LogP contribution in [0.15, 0.2) is 152 Å². The molecule has 178 valence electrons. The molecule has 0 radical (unpaired) electrons. The van der Waals surface area contributed by atoms with Crippen LogP contribution in [0.4, 0.5) is 0 Å². The van der Waals surface area contributed by atoms with Gasteiger partial charge in [-0.05, 0) is 36.8 Å². The summed E-state index contributed by atoms with van der Waals surface area (Å²) in [7, 11) is 0. The molecule has 0 saturated heterocycles. The zero-order chi connectivity index (χ0) is 25.0. The van der Waals surface area contributed by atoms with Crippen LogP contribution in [-0.4, -0.2) is 4.57 Å². The molecule has 0 aliphatic carbocycles. The van der Waals surface area contributed by atoms with Gasteiger partial charge in [-0.1, -0.05) is 127 Å². The van der Waals surface area contributed by atoms with Gasteiger partial charge >= 0.3 is 0 Å². The molecule has 0 saturated carbocycles. The van der Waals surface area contributed by atoms with Gasteiger partial charge in [-0.3, -0.25) is 0 Å². The van der Waals surface area contributed by atoms with Crippen molar-refractivity contribution in [2.45, 2.75) is 13.0 Å². The molecule has 1 aromatic heterocycles. The summed E-state index contributed by atoms with van der Waals surface area (Å²) in [6.45, 7) is 2.30. The number of benzene rings is 5. The van der Waals surface area contributed by atoms with Gasteiger partial charge in [0, 0.05) is 11.1 Å². The van der Waals surface area contributed by atoms with Gasteiger partial charge in [0.25, 0.3) is 5.82 Å². The molecule has 1 unspecified atom stereocenters. The topological polar surface area (TPSA) is 8.81 Å². The van der Waals surface area contributed by atoms with Crippen LogP contribution >= 0.6 is 0 Å². The lowest BCUT2D eigenvalue weighted by Crippen LogP contribution is -2.41. The minimum absolute atomic E-state index is 0.0963. The highest BCUT2D eigenvalue weighted by Gasteiger charge is 2.37. The number of para-hydroxylation sites is 1. The van der Waals surface area contributed by atoms with Crippen molar-refractivity contribution in [3.63, 3.8) is 0 Å². The Kier molecular flexibility index (Phi) is 6.22. The maximum absolute atomic E-state index is 2.52. The van der Waals surface area contributed by atoms with Gasteiger partial charge in [0.05, 0.1) is 5.56 Å². The highest BCUT2D eigenvalue weighted by molar-refractivity contribution is 5.81. The van der Waals surface area contributed by atoms with Crippen LogP contribution in [0.1, 0.15) is 18.5 Å². The summed E-state index contributed by atoms with van der Waals surface area (Å²) >= 11 is 0. The van der Waals surface area contributed by atoms with Gasteiger partial charge in [0.15, 0.2) is 11.4 Å². The van der Waals surface area contributed by atoms with E-state index in [2.05, 4.69) is 168 Å². The van der Waals surface area contributed by atoms with Crippen molar-refractivity contribution in [3.8, 4) is 39.6 Å². The summed E-state index contributed by atoms with van der Waals surface area (Å²) in [5.74, 6) is 1.15. The van der Waals surface area contributed by atoms with Crippen molar-refractivity contribution in [1.82, 2.24) is 4.57 Å². The first-order valence-electron chi connectivity index (χ1n) is 12.8. The second kappa shape index (κ2) is 10.1. The van der Waals surface area contributed by atoms with Crippen LogP contribution in [0.5, 0.6) is 0 Å². The molecule has 0 spiro atoms. The Morgan fingerprint density at radius 3 is 1.46 bits per heavy atom. The highest BCUT2D eigenvalue weighted by atomic mass is 15.2. The van der Waals surface area contributed by atoms with Gasteiger partial charge < -0.3 is 0 Å². The number of hydrogen-bond acceptors (Lipinski definition) is 0. The van der Waals surface area contributed by atoms with Crippen LogP contribution in [-0.2, 0) is 0 Å². The summed E-state index contributed by atoms with van der Waals surface area (Å²) in [6.07, 6.45) is 0. The minimum atomic E-state index is 0.0963. The summed E-state index contributed by atoms with van der Waals surface area (Å²) in [5, 5.41) is 0. The molecule has 0 aliphatic rings. The molecular formula is C35H29N2+. The first kappa shape index (κ1) is 22.8. The fourth-order valence-electron chi connectivity index (χ4n) is 5.21. The van der Waals surface area contributed by atoms with E-state index in [1.807, 2.05) is 0 Å². The van der Waals surface area contributed by atoms with E-state index in [1.54, 1.807) is 0 Å². The number of nitrogens with zero attached hydrogens (tertiary/aromatic N) is 2.